The Kier molecular flexibility index (Phi) is 8.57. The fourth-order valence-corrected chi connectivity index (χ4v) is 4.86. The number of nitrogens with two attached hydrogens (primary N) is 1. The summed E-state index contributed by atoms with van der Waals surface area (Å²) in [6, 6.07) is 7.79. The van der Waals surface area contributed by atoms with Crippen LogP contribution in [0.25, 0.3) is 22.3 Å². The van der Waals surface area contributed by atoms with Gasteiger partial charge in [-0.25, -0.2) is 27.8 Å². The molecule has 3 heterocycles. The van der Waals surface area contributed by atoms with Gasteiger partial charge in [0.05, 0.1) is 19.0 Å². The van der Waals surface area contributed by atoms with Crippen LogP contribution in [0.1, 0.15) is 0 Å². The number of anilines is 1. The summed E-state index contributed by atoms with van der Waals surface area (Å²) < 4.78 is 46.2. The van der Waals surface area contributed by atoms with Gasteiger partial charge in [-0.2, -0.15) is 0 Å². The van der Waals surface area contributed by atoms with Crippen molar-refractivity contribution in [3.63, 3.8) is 0 Å². The van der Waals surface area contributed by atoms with E-state index >= 15 is 0 Å². The fourth-order valence-electron chi connectivity index (χ4n) is 3.42. The van der Waals surface area contributed by atoms with Gasteiger partial charge in [0.1, 0.15) is 5.82 Å². The highest BCUT2D eigenvalue weighted by molar-refractivity contribution is 7.91. The molecular weight excluding hydrogens is 465 g/mol. The van der Waals surface area contributed by atoms with Gasteiger partial charge in [0.25, 0.3) is 6.47 Å². The number of nitrogen functional groups attached to an aromatic ring is 1. The summed E-state index contributed by atoms with van der Waals surface area (Å²) in [6.45, 7) is 2.74. The van der Waals surface area contributed by atoms with Gasteiger partial charge in [0, 0.05) is 54.9 Å². The molecule has 0 saturated carbocycles. The Morgan fingerprint density at radius 3 is 2.41 bits per heavy atom. The standard InChI is InChI=1S/C21H22FN5O3S.CH2O2/c22-19-12-15(3-4-17(19)16-13-25-21(23)26-14-16)18-2-1-5-24-20(18)31(28,29)11-8-27-6-9-30-10-7-27;2-1-3/h1-5,12-14H,6-11H2,(H2,23,25,26);1H,(H,2,3). The largest absolute Gasteiger partial charge is 0.483 e. The van der Waals surface area contributed by atoms with Crippen LogP contribution >= 0.6 is 0 Å². The van der Waals surface area contributed by atoms with Gasteiger partial charge < -0.3 is 15.6 Å². The zero-order valence-corrected chi connectivity index (χ0v) is 19.0. The molecule has 3 aromatic rings. The zero-order chi connectivity index (χ0) is 24.6. The van der Waals surface area contributed by atoms with Gasteiger partial charge in [-0.15, -0.1) is 0 Å². The average Bonchev–Trinajstić information content (AvgIpc) is 2.85. The number of hydrogen-bond acceptors (Lipinski definition) is 9. The highest BCUT2D eigenvalue weighted by atomic mass is 32.2. The minimum Gasteiger partial charge on any atom is -0.483 e. The molecule has 4 rings (SSSR count). The molecular formula is C22H24FN5O5S. The molecule has 0 aliphatic carbocycles. The zero-order valence-electron chi connectivity index (χ0n) is 18.2. The maximum absolute atomic E-state index is 14.9. The Balaban J connectivity index is 0.00000103. The summed E-state index contributed by atoms with van der Waals surface area (Å²) in [5.74, 6) is -0.491. The summed E-state index contributed by atoms with van der Waals surface area (Å²) in [6.07, 6.45) is 4.31. The molecule has 1 aromatic carbocycles. The second kappa shape index (κ2) is 11.6. The quantitative estimate of drug-likeness (QED) is 0.490. The van der Waals surface area contributed by atoms with Gasteiger partial charge in [-0.1, -0.05) is 12.1 Å². The van der Waals surface area contributed by atoms with E-state index < -0.39 is 15.7 Å². The lowest BCUT2D eigenvalue weighted by Crippen LogP contribution is -2.39. The number of rotatable bonds is 6. The maximum Gasteiger partial charge on any atom is 0.290 e. The summed E-state index contributed by atoms with van der Waals surface area (Å²) in [5, 5.41) is 6.84. The van der Waals surface area contributed by atoms with Gasteiger partial charge in [0.2, 0.25) is 5.95 Å². The van der Waals surface area contributed by atoms with Crippen molar-refractivity contribution in [3.05, 3.63) is 54.7 Å². The highest BCUT2D eigenvalue weighted by Crippen LogP contribution is 2.30. The van der Waals surface area contributed by atoms with Crippen LogP contribution in [0.3, 0.4) is 0 Å². The number of carbonyl (C=O) groups is 1. The lowest BCUT2D eigenvalue weighted by atomic mass is 10.0. The molecule has 1 fully saturated rings. The highest BCUT2D eigenvalue weighted by Gasteiger charge is 2.23. The summed E-state index contributed by atoms with van der Waals surface area (Å²) in [7, 11) is -3.67. The van der Waals surface area contributed by atoms with E-state index in [1.165, 1.54) is 24.7 Å². The second-order valence-electron chi connectivity index (χ2n) is 7.26. The van der Waals surface area contributed by atoms with Crippen LogP contribution in [-0.4, -0.2) is 78.4 Å². The van der Waals surface area contributed by atoms with E-state index in [4.69, 9.17) is 20.4 Å². The third-order valence-electron chi connectivity index (χ3n) is 5.11. The van der Waals surface area contributed by atoms with Gasteiger partial charge in [0.15, 0.2) is 14.9 Å². The van der Waals surface area contributed by atoms with E-state index in [0.29, 0.717) is 55.1 Å². The second-order valence-corrected chi connectivity index (χ2v) is 9.28. The molecule has 0 amide bonds. The van der Waals surface area contributed by atoms with Crippen molar-refractivity contribution < 1.29 is 27.4 Å². The van der Waals surface area contributed by atoms with Crippen LogP contribution in [-0.2, 0) is 19.4 Å². The number of carboxylic acid groups (broad SMARTS) is 1. The molecule has 1 aliphatic heterocycles. The summed E-state index contributed by atoms with van der Waals surface area (Å²) >= 11 is 0. The lowest BCUT2D eigenvalue weighted by molar-refractivity contribution is -0.122. The van der Waals surface area contributed by atoms with Crippen LogP contribution < -0.4 is 5.73 Å². The molecule has 1 aliphatic rings. The SMILES string of the molecule is Nc1ncc(-c2ccc(-c3cccnc3S(=O)(=O)CCN3CCOCC3)cc2F)cn1.O=CO. The van der Waals surface area contributed by atoms with Crippen LogP contribution in [0.4, 0.5) is 10.3 Å². The molecule has 0 unspecified atom stereocenters. The minimum absolute atomic E-state index is 0.0498. The van der Waals surface area contributed by atoms with E-state index in [0.717, 1.165) is 0 Å². The van der Waals surface area contributed by atoms with Gasteiger partial charge in [-0.3, -0.25) is 9.69 Å². The molecule has 0 spiro atoms. The fraction of sp³-hybridized carbons (Fsp3) is 0.273. The van der Waals surface area contributed by atoms with Crippen LogP contribution in [0.2, 0.25) is 0 Å². The predicted octanol–water partition coefficient (Wildman–Crippen LogP) is 1.73. The predicted molar refractivity (Wildman–Crippen MR) is 123 cm³/mol. The van der Waals surface area contributed by atoms with Crippen molar-refractivity contribution in [1.82, 2.24) is 19.9 Å². The van der Waals surface area contributed by atoms with E-state index in [9.17, 15) is 12.8 Å². The van der Waals surface area contributed by atoms with E-state index in [2.05, 4.69) is 15.0 Å². The smallest absolute Gasteiger partial charge is 0.290 e. The van der Waals surface area contributed by atoms with Crippen molar-refractivity contribution >= 4 is 22.3 Å². The number of hydrogen-bond donors (Lipinski definition) is 2. The molecule has 3 N–H and O–H groups in total. The first-order chi connectivity index (χ1) is 16.4. The Morgan fingerprint density at radius 1 is 1.09 bits per heavy atom. The van der Waals surface area contributed by atoms with Crippen molar-refractivity contribution in [1.29, 1.82) is 0 Å². The maximum atomic E-state index is 14.9. The van der Waals surface area contributed by atoms with E-state index in [-0.39, 0.29) is 23.2 Å². The third kappa shape index (κ3) is 6.31. The molecule has 0 atom stereocenters. The first-order valence-electron chi connectivity index (χ1n) is 10.3. The minimum atomic E-state index is -3.67. The molecule has 2 aromatic heterocycles. The topological polar surface area (TPSA) is 149 Å². The third-order valence-corrected chi connectivity index (χ3v) is 6.74. The lowest BCUT2D eigenvalue weighted by Gasteiger charge is -2.26. The number of halogens is 1. The van der Waals surface area contributed by atoms with Gasteiger partial charge >= 0.3 is 0 Å². The van der Waals surface area contributed by atoms with Crippen molar-refractivity contribution in [3.8, 4) is 22.3 Å². The number of sulfone groups is 1. The number of aromatic nitrogens is 3. The molecule has 12 heteroatoms. The first-order valence-corrected chi connectivity index (χ1v) is 11.9. The molecule has 180 valence electrons. The van der Waals surface area contributed by atoms with Crippen molar-refractivity contribution in [2.45, 2.75) is 5.03 Å². The monoisotopic (exact) mass is 489 g/mol. The normalized spacial score (nSPS) is 14.1. The van der Waals surface area contributed by atoms with E-state index in [1.54, 1.807) is 24.3 Å². The number of ether oxygens (including phenoxy) is 1. The van der Waals surface area contributed by atoms with Crippen molar-refractivity contribution in [2.75, 3.05) is 44.3 Å². The van der Waals surface area contributed by atoms with Crippen molar-refractivity contribution in [2.24, 2.45) is 0 Å². The summed E-state index contributed by atoms with van der Waals surface area (Å²) in [4.78, 5) is 22.3. The molecule has 1 saturated heterocycles. The first kappa shape index (κ1) is 25.1. The van der Waals surface area contributed by atoms with E-state index in [1.807, 2.05) is 4.90 Å². The number of benzene rings is 1. The average molecular weight is 490 g/mol. The Labute approximate surface area is 196 Å². The Bertz CT molecular complexity index is 1220. The molecule has 10 nitrogen and oxygen atoms in total. The number of nitrogens with zero attached hydrogens (tertiary/aromatic N) is 4. The van der Waals surface area contributed by atoms with Crippen LogP contribution in [0, 0.1) is 5.82 Å². The number of morpholine rings is 1. The Morgan fingerprint density at radius 2 is 1.76 bits per heavy atom. The summed E-state index contributed by atoms with van der Waals surface area (Å²) in [5.41, 5.74) is 7.04. The Hall–Kier alpha value is -3.48. The molecule has 0 radical (unpaired) electrons. The molecule has 0 bridgehead atoms. The van der Waals surface area contributed by atoms with Crippen LogP contribution in [0.15, 0.2) is 53.9 Å². The number of pyridine rings is 1. The van der Waals surface area contributed by atoms with Gasteiger partial charge in [-0.05, 0) is 23.8 Å². The molecule has 34 heavy (non-hydrogen) atoms. The van der Waals surface area contributed by atoms with Crippen LogP contribution in [0.5, 0.6) is 0 Å².